The lowest BCUT2D eigenvalue weighted by Crippen LogP contribution is -2.44. The molecule has 0 saturated carbocycles. The van der Waals surface area contributed by atoms with Crippen LogP contribution < -0.4 is 16.0 Å². The number of aromatic nitrogens is 1. The molecule has 1 atom stereocenters. The summed E-state index contributed by atoms with van der Waals surface area (Å²) in [6.07, 6.45) is 1.69. The van der Waals surface area contributed by atoms with Crippen LogP contribution in [0, 0.1) is 5.92 Å². The van der Waals surface area contributed by atoms with Crippen LogP contribution in [0.4, 0.5) is 5.82 Å². The maximum absolute atomic E-state index is 8.44. The summed E-state index contributed by atoms with van der Waals surface area (Å²) in [5.74, 6) is 1.62. The second kappa shape index (κ2) is 9.07. The molecule has 6 nitrogen and oxygen atoms in total. The molecule has 2 heterocycles. The number of nitrogens with one attached hydrogen (secondary N) is 1. The molecule has 1 aromatic heterocycles. The zero-order chi connectivity index (χ0) is 20.3. The van der Waals surface area contributed by atoms with Crippen molar-refractivity contribution < 1.29 is 5.11 Å². The molecule has 1 unspecified atom stereocenters. The van der Waals surface area contributed by atoms with E-state index in [9.17, 15) is 0 Å². The van der Waals surface area contributed by atoms with Crippen LogP contribution in [0.25, 0.3) is 10.9 Å². The van der Waals surface area contributed by atoms with Gasteiger partial charge in [-0.2, -0.15) is 4.99 Å². The number of hydrogen-bond acceptors (Lipinski definition) is 5. The fraction of sp³-hybridized carbons (Fsp3) is 0.524. The molecule has 3 rings (SSSR count). The van der Waals surface area contributed by atoms with Crippen LogP contribution >= 0.6 is 11.6 Å². The largest absolute Gasteiger partial charge is 0.578 e. The minimum Gasteiger partial charge on any atom is -0.578 e. The van der Waals surface area contributed by atoms with Gasteiger partial charge in [0.25, 0.3) is 0 Å². The van der Waals surface area contributed by atoms with Crippen LogP contribution in [-0.4, -0.2) is 47.8 Å². The molecule has 0 aliphatic carbocycles. The number of pyridine rings is 1. The maximum Gasteiger partial charge on any atom is 0.365 e. The Balaban J connectivity index is 1.90. The van der Waals surface area contributed by atoms with Gasteiger partial charge in [-0.3, -0.25) is 0 Å². The van der Waals surface area contributed by atoms with Crippen LogP contribution in [0.5, 0.6) is 0 Å². The number of aliphatic imine (C=N–C) groups is 1. The molecule has 0 radical (unpaired) electrons. The van der Waals surface area contributed by atoms with E-state index in [1.165, 1.54) is 0 Å². The third-order valence-electron chi connectivity index (χ3n) is 4.96. The van der Waals surface area contributed by atoms with E-state index in [-0.39, 0.29) is 5.90 Å². The molecule has 5 N–H and O–H groups in total. The molecule has 1 aromatic carbocycles. The Morgan fingerprint density at radius 3 is 2.68 bits per heavy atom. The Kier molecular flexibility index (Phi) is 6.75. The van der Waals surface area contributed by atoms with Gasteiger partial charge in [0.15, 0.2) is 0 Å². The molecule has 1 aliphatic heterocycles. The lowest BCUT2D eigenvalue weighted by molar-refractivity contribution is 0.391. The Bertz CT molecular complexity index is 844. The van der Waals surface area contributed by atoms with Gasteiger partial charge in [-0.1, -0.05) is 31.5 Å². The van der Waals surface area contributed by atoms with Gasteiger partial charge in [0, 0.05) is 29.5 Å². The van der Waals surface area contributed by atoms with Crippen molar-refractivity contribution >= 4 is 34.2 Å². The van der Waals surface area contributed by atoms with E-state index in [1.54, 1.807) is 6.92 Å². The zero-order valence-electron chi connectivity index (χ0n) is 16.9. The van der Waals surface area contributed by atoms with Crippen molar-refractivity contribution in [3.05, 3.63) is 34.9 Å². The Morgan fingerprint density at radius 1 is 1.32 bits per heavy atom. The van der Waals surface area contributed by atoms with Crippen molar-refractivity contribution in [1.82, 2.24) is 10.3 Å². The van der Waals surface area contributed by atoms with Crippen LogP contribution in [0.1, 0.15) is 39.2 Å². The number of piperidine rings is 1. The molecule has 7 heteroatoms. The van der Waals surface area contributed by atoms with Crippen molar-refractivity contribution in [1.29, 1.82) is 0 Å². The lowest BCUT2D eigenvalue weighted by atomic mass is 10.0. The molecular formula is C21H31ClN5O+. The topological polar surface area (TPSA) is 89.4 Å². The van der Waals surface area contributed by atoms with Crippen molar-refractivity contribution in [3.63, 3.8) is 0 Å². The highest BCUT2D eigenvalue weighted by molar-refractivity contribution is 6.31. The fourth-order valence-electron chi connectivity index (χ4n) is 3.52. The van der Waals surface area contributed by atoms with Gasteiger partial charge >= 0.3 is 5.90 Å². The SMILES string of the molecule is CC(C)CNC1CCN(c2nc3cc(Cl)ccc3cc2C([OH2+])=NC(C)N)CC1. The van der Waals surface area contributed by atoms with E-state index >= 15 is 0 Å². The van der Waals surface area contributed by atoms with Crippen molar-refractivity contribution in [2.24, 2.45) is 16.6 Å². The monoisotopic (exact) mass is 404 g/mol. The van der Waals surface area contributed by atoms with Crippen molar-refractivity contribution in [3.8, 4) is 0 Å². The molecular weight excluding hydrogens is 374 g/mol. The number of anilines is 1. The third kappa shape index (κ3) is 5.13. The Labute approximate surface area is 171 Å². The first-order valence-corrected chi connectivity index (χ1v) is 10.3. The Morgan fingerprint density at radius 2 is 2.04 bits per heavy atom. The summed E-state index contributed by atoms with van der Waals surface area (Å²) in [5.41, 5.74) is 7.36. The standard InChI is InChI=1S/C21H30ClN5O/c1-13(2)12-24-17-6-8-27(9-7-17)20-18(21(28)25-14(3)23)10-15-4-5-16(22)11-19(15)26-20/h4-5,10-11,13-14,17,24H,6-9,12,23H2,1-3H3,(H,25,28)/p+1. The van der Waals surface area contributed by atoms with Gasteiger partial charge < -0.3 is 21.1 Å². The first-order chi connectivity index (χ1) is 13.3. The normalized spacial score (nSPS) is 17.5. The van der Waals surface area contributed by atoms with Crippen molar-refractivity contribution in [2.45, 2.75) is 45.8 Å². The number of hydrogen-bond donors (Lipinski definition) is 2. The number of nitrogens with two attached hydrogens (primary N) is 1. The highest BCUT2D eigenvalue weighted by Gasteiger charge is 2.25. The number of benzene rings is 1. The number of fused-ring (bicyclic) bond motifs is 1. The zero-order valence-corrected chi connectivity index (χ0v) is 17.6. The predicted octanol–water partition coefficient (Wildman–Crippen LogP) is 2.88. The van der Waals surface area contributed by atoms with Crippen LogP contribution in [0.15, 0.2) is 29.3 Å². The summed E-state index contributed by atoms with van der Waals surface area (Å²) in [5, 5.41) is 13.7. The molecule has 0 spiro atoms. The van der Waals surface area contributed by atoms with E-state index in [0.29, 0.717) is 17.0 Å². The second-order valence-electron chi connectivity index (χ2n) is 7.98. The van der Waals surface area contributed by atoms with Crippen molar-refractivity contribution in [2.75, 3.05) is 24.5 Å². The van der Waals surface area contributed by atoms with Crippen LogP contribution in [0.3, 0.4) is 0 Å². The molecule has 0 bridgehead atoms. The van der Waals surface area contributed by atoms with E-state index in [0.717, 1.165) is 54.8 Å². The molecule has 1 fully saturated rings. The quantitative estimate of drug-likeness (QED) is 0.440. The summed E-state index contributed by atoms with van der Waals surface area (Å²) < 4.78 is 0. The number of rotatable bonds is 6. The summed E-state index contributed by atoms with van der Waals surface area (Å²) in [7, 11) is 0. The average molecular weight is 405 g/mol. The summed E-state index contributed by atoms with van der Waals surface area (Å²) in [4.78, 5) is 11.4. The van der Waals surface area contributed by atoms with Gasteiger partial charge in [-0.25, -0.2) is 4.98 Å². The van der Waals surface area contributed by atoms with Gasteiger partial charge in [-0.05, 0) is 50.4 Å². The summed E-state index contributed by atoms with van der Waals surface area (Å²) >= 11 is 6.17. The Hall–Kier alpha value is -1.89. The maximum atomic E-state index is 8.44. The highest BCUT2D eigenvalue weighted by atomic mass is 35.5. The first-order valence-electron chi connectivity index (χ1n) is 9.97. The molecule has 2 aromatic rings. The predicted molar refractivity (Wildman–Crippen MR) is 119 cm³/mol. The molecule has 1 saturated heterocycles. The highest BCUT2D eigenvalue weighted by Crippen LogP contribution is 2.28. The van der Waals surface area contributed by atoms with Gasteiger partial charge in [0.05, 0.1) is 5.52 Å². The minimum atomic E-state index is -0.424. The molecule has 152 valence electrons. The fourth-order valence-corrected chi connectivity index (χ4v) is 3.68. The third-order valence-corrected chi connectivity index (χ3v) is 5.19. The summed E-state index contributed by atoms with van der Waals surface area (Å²) in [6.45, 7) is 9.06. The second-order valence-corrected chi connectivity index (χ2v) is 8.41. The molecule has 28 heavy (non-hydrogen) atoms. The van der Waals surface area contributed by atoms with E-state index in [1.807, 2.05) is 24.3 Å². The minimum absolute atomic E-state index is 0.175. The van der Waals surface area contributed by atoms with E-state index in [2.05, 4.69) is 29.1 Å². The van der Waals surface area contributed by atoms with Crippen LogP contribution in [-0.2, 0) is 0 Å². The van der Waals surface area contributed by atoms with Gasteiger partial charge in [-0.15, -0.1) is 0 Å². The van der Waals surface area contributed by atoms with E-state index in [4.69, 9.17) is 27.4 Å². The van der Waals surface area contributed by atoms with Gasteiger partial charge in [0.2, 0.25) is 0 Å². The smallest absolute Gasteiger partial charge is 0.365 e. The van der Waals surface area contributed by atoms with Gasteiger partial charge in [0.1, 0.15) is 17.5 Å². The van der Waals surface area contributed by atoms with E-state index < -0.39 is 6.17 Å². The number of nitrogens with zero attached hydrogens (tertiary/aromatic N) is 3. The summed E-state index contributed by atoms with van der Waals surface area (Å²) in [6, 6.07) is 8.15. The molecule has 1 aliphatic rings. The average Bonchev–Trinajstić information content (AvgIpc) is 2.65. The molecule has 0 amide bonds. The lowest BCUT2D eigenvalue weighted by Gasteiger charge is -2.34. The first kappa shape index (κ1) is 20.8. The van der Waals surface area contributed by atoms with Crippen LogP contribution in [0.2, 0.25) is 5.02 Å². The number of halogens is 1.